The Labute approximate surface area is 203 Å². The number of carbonyl (C=O) groups is 1. The maximum atomic E-state index is 12.2. The lowest BCUT2D eigenvalue weighted by Gasteiger charge is -2.12. The van der Waals surface area contributed by atoms with Crippen molar-refractivity contribution in [2.75, 3.05) is 12.3 Å². The van der Waals surface area contributed by atoms with E-state index in [-0.39, 0.29) is 37.0 Å². The van der Waals surface area contributed by atoms with Crippen molar-refractivity contribution in [1.29, 1.82) is 0 Å². The van der Waals surface area contributed by atoms with Crippen LogP contribution in [0.25, 0.3) is 33.3 Å². The van der Waals surface area contributed by atoms with Crippen molar-refractivity contribution in [1.82, 2.24) is 15.4 Å². The van der Waals surface area contributed by atoms with Crippen molar-refractivity contribution in [2.24, 2.45) is 0 Å². The lowest BCUT2D eigenvalue weighted by atomic mass is 9.98. The molecule has 0 bridgehead atoms. The van der Waals surface area contributed by atoms with Crippen LogP contribution in [0.15, 0.2) is 67.0 Å². The second-order valence-electron chi connectivity index (χ2n) is 7.21. The first kappa shape index (κ1) is 26.0. The molecule has 0 saturated heterocycles. The average Bonchev–Trinajstić information content (AvgIpc) is 2.81. The van der Waals surface area contributed by atoms with Crippen LogP contribution in [0.3, 0.4) is 0 Å². The largest absolute Gasteiger partial charge is 0.398 e. The lowest BCUT2D eigenvalue weighted by molar-refractivity contribution is 0.0708. The normalized spacial score (nSPS) is 10.2. The number of anilines is 1. The first-order valence-corrected chi connectivity index (χ1v) is 9.90. The molecule has 5 N–H and O–H groups in total. The third kappa shape index (κ3) is 5.58. The van der Waals surface area contributed by atoms with E-state index < -0.39 is 5.91 Å². The first-order chi connectivity index (χ1) is 15.1. The van der Waals surface area contributed by atoms with Gasteiger partial charge in [0.15, 0.2) is 0 Å². The zero-order chi connectivity index (χ0) is 21.8. The van der Waals surface area contributed by atoms with Gasteiger partial charge in [0.25, 0.3) is 5.91 Å². The quantitative estimate of drug-likeness (QED) is 0.181. The molecule has 0 aliphatic carbocycles. The number of nitrogens with zero attached hydrogens (tertiary/aromatic N) is 2. The molecule has 0 atom stereocenters. The number of nitrogen functional groups attached to an aromatic ring is 1. The van der Waals surface area contributed by atoms with Gasteiger partial charge in [-0.25, -0.2) is 10.5 Å². The summed E-state index contributed by atoms with van der Waals surface area (Å²) in [6.07, 6.45) is 4.71. The average molecular weight is 487 g/mol. The molecule has 0 saturated carbocycles. The molecular weight excluding hydrogens is 463 g/mol. The summed E-state index contributed by atoms with van der Waals surface area (Å²) in [6, 6.07) is 17.2. The number of hydrogen-bond donors (Lipinski definition) is 4. The third-order valence-electron chi connectivity index (χ3n) is 5.19. The predicted molar refractivity (Wildman–Crippen MR) is 134 cm³/mol. The monoisotopic (exact) mass is 486 g/mol. The van der Waals surface area contributed by atoms with Crippen molar-refractivity contribution in [3.05, 3.63) is 78.1 Å². The number of aliphatic hydroxyl groups excluding tert-OH is 1. The van der Waals surface area contributed by atoms with Gasteiger partial charge >= 0.3 is 0 Å². The maximum Gasteiger partial charge on any atom is 0.275 e. The third-order valence-corrected chi connectivity index (χ3v) is 5.19. The molecule has 0 aliphatic rings. The molecule has 0 aliphatic heterocycles. The fraction of sp³-hybridized carbons (Fsp3) is 0.125. The number of aliphatic hydroxyl groups is 1. The van der Waals surface area contributed by atoms with E-state index >= 15 is 0 Å². The van der Waals surface area contributed by atoms with E-state index in [9.17, 15) is 4.79 Å². The number of aryl methyl sites for hydroxylation is 1. The second kappa shape index (κ2) is 11.6. The summed E-state index contributed by atoms with van der Waals surface area (Å²) in [5.74, 6) is -0.641. The van der Waals surface area contributed by atoms with Crippen LogP contribution in [0.2, 0.25) is 0 Å². The maximum absolute atomic E-state index is 12.2. The molecule has 2 aromatic heterocycles. The van der Waals surface area contributed by atoms with Crippen molar-refractivity contribution in [3.63, 3.8) is 0 Å². The number of rotatable bonds is 6. The minimum atomic E-state index is -0.641. The molecule has 33 heavy (non-hydrogen) atoms. The Hall–Kier alpha value is -3.23. The standard InChI is InChI=1S/C24H22N4O3.2ClH/c25-21-12-17(16-5-3-15(4-6-16)2-1-11-29)7-8-18(21)23-13-19(24(30)28-31)20-14-26-10-9-22(20)27-23;;/h3-10,12-14,29,31H,1-2,11,25H2,(H,28,30);2*1H. The fourth-order valence-electron chi connectivity index (χ4n) is 3.58. The Bertz CT molecular complexity index is 1250. The van der Waals surface area contributed by atoms with Crippen LogP contribution < -0.4 is 11.2 Å². The van der Waals surface area contributed by atoms with Crippen molar-refractivity contribution in [2.45, 2.75) is 12.8 Å². The SMILES string of the molecule is Cl.Cl.Nc1cc(-c2ccc(CCCO)cc2)ccc1-c1cc(C(=O)NO)c2cnccc2n1. The van der Waals surface area contributed by atoms with Crippen molar-refractivity contribution in [3.8, 4) is 22.4 Å². The predicted octanol–water partition coefficient (Wildman–Crippen LogP) is 4.43. The van der Waals surface area contributed by atoms with Crippen LogP contribution in [-0.2, 0) is 6.42 Å². The van der Waals surface area contributed by atoms with E-state index in [0.29, 0.717) is 27.8 Å². The number of halogens is 2. The minimum Gasteiger partial charge on any atom is -0.398 e. The number of nitrogens with one attached hydrogen (secondary N) is 1. The highest BCUT2D eigenvalue weighted by Crippen LogP contribution is 2.32. The number of carbonyl (C=O) groups excluding carboxylic acids is 1. The Morgan fingerprint density at radius 2 is 1.73 bits per heavy atom. The number of nitrogens with two attached hydrogens (primary N) is 1. The summed E-state index contributed by atoms with van der Waals surface area (Å²) in [7, 11) is 0. The van der Waals surface area contributed by atoms with Crippen molar-refractivity contribution < 1.29 is 15.1 Å². The minimum absolute atomic E-state index is 0. The number of pyridine rings is 2. The lowest BCUT2D eigenvalue weighted by Crippen LogP contribution is -2.19. The van der Waals surface area contributed by atoms with Gasteiger partial charge in [0.2, 0.25) is 0 Å². The molecular formula is C24H24Cl2N4O3. The van der Waals surface area contributed by atoms with E-state index in [4.69, 9.17) is 16.0 Å². The van der Waals surface area contributed by atoms with Gasteiger partial charge in [-0.1, -0.05) is 36.4 Å². The van der Waals surface area contributed by atoms with Crippen LogP contribution in [-0.4, -0.2) is 32.8 Å². The Morgan fingerprint density at radius 1 is 1.00 bits per heavy atom. The van der Waals surface area contributed by atoms with Gasteiger partial charge in [-0.3, -0.25) is 15.0 Å². The summed E-state index contributed by atoms with van der Waals surface area (Å²) in [6.45, 7) is 0.181. The molecule has 2 heterocycles. The van der Waals surface area contributed by atoms with Gasteiger partial charge in [0, 0.05) is 35.6 Å². The van der Waals surface area contributed by atoms with Gasteiger partial charge in [0.05, 0.1) is 16.8 Å². The number of hydroxylamine groups is 1. The zero-order valence-corrected chi connectivity index (χ0v) is 19.2. The van der Waals surface area contributed by atoms with Gasteiger partial charge in [-0.15, -0.1) is 24.8 Å². The topological polar surface area (TPSA) is 121 Å². The van der Waals surface area contributed by atoms with Crippen LogP contribution in [0.4, 0.5) is 5.69 Å². The van der Waals surface area contributed by atoms with E-state index in [0.717, 1.165) is 24.0 Å². The highest BCUT2D eigenvalue weighted by molar-refractivity contribution is 6.06. The van der Waals surface area contributed by atoms with Crippen LogP contribution in [0.5, 0.6) is 0 Å². The number of fused-ring (bicyclic) bond motifs is 1. The Kier molecular flexibility index (Phi) is 9.13. The van der Waals surface area contributed by atoms with Gasteiger partial charge in [-0.05, 0) is 47.7 Å². The fourth-order valence-corrected chi connectivity index (χ4v) is 3.58. The van der Waals surface area contributed by atoms with Crippen LogP contribution in [0.1, 0.15) is 22.3 Å². The molecule has 4 aromatic rings. The molecule has 7 nitrogen and oxygen atoms in total. The summed E-state index contributed by atoms with van der Waals surface area (Å²) < 4.78 is 0. The number of amides is 1. The molecule has 4 rings (SSSR count). The zero-order valence-electron chi connectivity index (χ0n) is 17.6. The van der Waals surface area contributed by atoms with Crippen LogP contribution >= 0.6 is 24.8 Å². The van der Waals surface area contributed by atoms with E-state index in [1.807, 2.05) is 42.5 Å². The van der Waals surface area contributed by atoms with Crippen molar-refractivity contribution >= 4 is 47.3 Å². The highest BCUT2D eigenvalue weighted by atomic mass is 35.5. The molecule has 0 radical (unpaired) electrons. The molecule has 0 unspecified atom stereocenters. The smallest absolute Gasteiger partial charge is 0.275 e. The number of hydrogen-bond acceptors (Lipinski definition) is 6. The molecule has 1 amide bonds. The summed E-state index contributed by atoms with van der Waals surface area (Å²) in [4.78, 5) is 20.8. The molecule has 9 heteroatoms. The molecule has 0 fully saturated rings. The van der Waals surface area contributed by atoms with Crippen LogP contribution in [0, 0.1) is 0 Å². The summed E-state index contributed by atoms with van der Waals surface area (Å²) in [5, 5.41) is 18.6. The molecule has 2 aromatic carbocycles. The Morgan fingerprint density at radius 3 is 2.39 bits per heavy atom. The highest BCUT2D eigenvalue weighted by Gasteiger charge is 2.15. The molecule has 172 valence electrons. The first-order valence-electron chi connectivity index (χ1n) is 9.90. The summed E-state index contributed by atoms with van der Waals surface area (Å²) in [5.41, 5.74) is 13.8. The van der Waals surface area contributed by atoms with Gasteiger partial charge in [-0.2, -0.15) is 0 Å². The molecule has 0 spiro atoms. The number of benzene rings is 2. The van der Waals surface area contributed by atoms with Gasteiger partial charge in [0.1, 0.15) is 0 Å². The van der Waals surface area contributed by atoms with E-state index in [1.165, 1.54) is 11.8 Å². The second-order valence-corrected chi connectivity index (χ2v) is 7.21. The van der Waals surface area contributed by atoms with E-state index in [2.05, 4.69) is 9.97 Å². The Balaban J connectivity index is 0.00000193. The number of aromatic nitrogens is 2. The summed E-state index contributed by atoms with van der Waals surface area (Å²) >= 11 is 0. The van der Waals surface area contributed by atoms with Gasteiger partial charge < -0.3 is 10.8 Å². The van der Waals surface area contributed by atoms with E-state index in [1.54, 1.807) is 23.8 Å².